The summed E-state index contributed by atoms with van der Waals surface area (Å²) in [5.74, 6) is -0.150. The van der Waals surface area contributed by atoms with E-state index in [2.05, 4.69) is 11.4 Å². The molecular weight excluding hydrogens is 281 g/mol. The van der Waals surface area contributed by atoms with E-state index >= 15 is 0 Å². The fraction of sp³-hybridized carbons (Fsp3) is 0. The van der Waals surface area contributed by atoms with Crippen LogP contribution in [0.2, 0.25) is 0 Å². The van der Waals surface area contributed by atoms with Gasteiger partial charge in [-0.05, 0) is 36.4 Å². The number of thiophene rings is 1. The number of para-hydroxylation sites is 1. The molecule has 1 N–H and O–H groups in total. The van der Waals surface area contributed by atoms with E-state index in [1.807, 2.05) is 48.5 Å². The molecule has 0 amide bonds. The SMILES string of the molecule is Fc1cccc2sc3cc(Nc4ccccc4)ccc3c12. The van der Waals surface area contributed by atoms with Crippen LogP contribution in [0.3, 0.4) is 0 Å². The van der Waals surface area contributed by atoms with E-state index in [1.54, 1.807) is 17.4 Å². The second kappa shape index (κ2) is 4.86. The van der Waals surface area contributed by atoms with Crippen molar-refractivity contribution in [3.05, 3.63) is 72.5 Å². The number of hydrogen-bond donors (Lipinski definition) is 1. The first-order valence-corrected chi connectivity index (χ1v) is 7.56. The van der Waals surface area contributed by atoms with E-state index in [1.165, 1.54) is 6.07 Å². The average Bonchev–Trinajstić information content (AvgIpc) is 2.87. The van der Waals surface area contributed by atoms with Crippen molar-refractivity contribution < 1.29 is 4.39 Å². The lowest BCUT2D eigenvalue weighted by atomic mass is 10.1. The maximum atomic E-state index is 14.0. The molecule has 1 aromatic heterocycles. The van der Waals surface area contributed by atoms with Gasteiger partial charge in [-0.15, -0.1) is 11.3 Å². The summed E-state index contributed by atoms with van der Waals surface area (Å²) in [7, 11) is 0. The van der Waals surface area contributed by atoms with Crippen molar-refractivity contribution in [1.82, 2.24) is 0 Å². The summed E-state index contributed by atoms with van der Waals surface area (Å²) < 4.78 is 16.1. The van der Waals surface area contributed by atoms with Gasteiger partial charge in [0.2, 0.25) is 0 Å². The summed E-state index contributed by atoms with van der Waals surface area (Å²) in [5, 5.41) is 5.07. The van der Waals surface area contributed by atoms with Gasteiger partial charge in [-0.2, -0.15) is 0 Å². The van der Waals surface area contributed by atoms with Crippen molar-refractivity contribution in [3.63, 3.8) is 0 Å². The number of rotatable bonds is 2. The molecule has 4 rings (SSSR count). The van der Waals surface area contributed by atoms with Crippen LogP contribution in [0.4, 0.5) is 15.8 Å². The number of halogens is 1. The van der Waals surface area contributed by atoms with Crippen LogP contribution in [-0.4, -0.2) is 0 Å². The molecule has 0 atom stereocenters. The van der Waals surface area contributed by atoms with Crippen molar-refractivity contribution >= 4 is 42.9 Å². The van der Waals surface area contributed by atoms with Gasteiger partial charge >= 0.3 is 0 Å². The van der Waals surface area contributed by atoms with Crippen LogP contribution in [0, 0.1) is 5.82 Å². The van der Waals surface area contributed by atoms with Gasteiger partial charge in [-0.3, -0.25) is 0 Å². The average molecular weight is 293 g/mol. The topological polar surface area (TPSA) is 12.0 Å². The third-order valence-electron chi connectivity index (χ3n) is 3.51. The molecule has 0 fully saturated rings. The first-order valence-electron chi connectivity index (χ1n) is 6.74. The zero-order valence-corrected chi connectivity index (χ0v) is 12.0. The molecule has 0 unspecified atom stereocenters. The van der Waals surface area contributed by atoms with Crippen molar-refractivity contribution in [2.45, 2.75) is 0 Å². The molecular formula is C18H12FNS. The van der Waals surface area contributed by atoms with Gasteiger partial charge in [-0.25, -0.2) is 4.39 Å². The third-order valence-corrected chi connectivity index (χ3v) is 4.63. The Morgan fingerprint density at radius 2 is 1.62 bits per heavy atom. The number of anilines is 2. The summed E-state index contributed by atoms with van der Waals surface area (Å²) in [4.78, 5) is 0. The molecule has 0 radical (unpaired) electrons. The summed E-state index contributed by atoms with van der Waals surface area (Å²) >= 11 is 1.62. The lowest BCUT2D eigenvalue weighted by Crippen LogP contribution is -1.88. The first kappa shape index (κ1) is 12.4. The molecule has 0 bridgehead atoms. The lowest BCUT2D eigenvalue weighted by molar-refractivity contribution is 0.641. The molecule has 21 heavy (non-hydrogen) atoms. The van der Waals surface area contributed by atoms with Crippen LogP contribution in [0.5, 0.6) is 0 Å². The van der Waals surface area contributed by atoms with Crippen LogP contribution in [0.25, 0.3) is 20.2 Å². The van der Waals surface area contributed by atoms with E-state index in [0.717, 1.165) is 31.5 Å². The smallest absolute Gasteiger partial charge is 0.132 e. The number of fused-ring (bicyclic) bond motifs is 3. The summed E-state index contributed by atoms with van der Waals surface area (Å²) in [6, 6.07) is 21.3. The monoisotopic (exact) mass is 293 g/mol. The molecule has 0 aliphatic rings. The zero-order valence-electron chi connectivity index (χ0n) is 11.1. The molecule has 0 spiro atoms. The first-order chi connectivity index (χ1) is 10.3. The molecule has 0 aliphatic heterocycles. The largest absolute Gasteiger partial charge is 0.355 e. The highest BCUT2D eigenvalue weighted by molar-refractivity contribution is 7.25. The van der Waals surface area contributed by atoms with Crippen molar-refractivity contribution in [1.29, 1.82) is 0 Å². The number of nitrogens with one attached hydrogen (secondary N) is 1. The lowest BCUT2D eigenvalue weighted by Gasteiger charge is -2.06. The van der Waals surface area contributed by atoms with Crippen LogP contribution in [-0.2, 0) is 0 Å². The standard InChI is InChI=1S/C18H12FNS/c19-15-7-4-8-16-18(15)14-10-9-13(11-17(14)21-16)20-12-5-2-1-3-6-12/h1-11,20H. The van der Waals surface area contributed by atoms with Gasteiger partial charge in [0.25, 0.3) is 0 Å². The Morgan fingerprint density at radius 3 is 2.48 bits per heavy atom. The minimum Gasteiger partial charge on any atom is -0.355 e. The molecule has 1 heterocycles. The second-order valence-electron chi connectivity index (χ2n) is 4.92. The van der Waals surface area contributed by atoms with Crippen LogP contribution < -0.4 is 5.32 Å². The van der Waals surface area contributed by atoms with E-state index in [-0.39, 0.29) is 5.82 Å². The molecule has 0 saturated heterocycles. The van der Waals surface area contributed by atoms with Gasteiger partial charge in [-0.1, -0.05) is 30.3 Å². The van der Waals surface area contributed by atoms with Gasteiger partial charge < -0.3 is 5.32 Å². The number of benzene rings is 3. The highest BCUT2D eigenvalue weighted by Crippen LogP contribution is 2.37. The number of hydrogen-bond acceptors (Lipinski definition) is 2. The summed E-state index contributed by atoms with van der Waals surface area (Å²) in [5.41, 5.74) is 2.06. The summed E-state index contributed by atoms with van der Waals surface area (Å²) in [6.45, 7) is 0. The highest BCUT2D eigenvalue weighted by atomic mass is 32.1. The maximum absolute atomic E-state index is 14.0. The molecule has 0 saturated carbocycles. The van der Waals surface area contributed by atoms with Gasteiger partial charge in [0.15, 0.2) is 0 Å². The van der Waals surface area contributed by atoms with Crippen molar-refractivity contribution in [2.24, 2.45) is 0 Å². The molecule has 0 aliphatic carbocycles. The normalized spacial score (nSPS) is 11.1. The van der Waals surface area contributed by atoms with Crippen molar-refractivity contribution in [3.8, 4) is 0 Å². The fourth-order valence-electron chi connectivity index (χ4n) is 2.55. The fourth-order valence-corrected chi connectivity index (χ4v) is 3.71. The Balaban J connectivity index is 1.83. The third kappa shape index (κ3) is 2.16. The Labute approximate surface area is 125 Å². The Bertz CT molecular complexity index is 928. The quantitative estimate of drug-likeness (QED) is 0.482. The Hall–Kier alpha value is -2.39. The van der Waals surface area contributed by atoms with Crippen LogP contribution in [0.1, 0.15) is 0 Å². The van der Waals surface area contributed by atoms with Crippen LogP contribution in [0.15, 0.2) is 66.7 Å². The zero-order chi connectivity index (χ0) is 14.2. The molecule has 3 heteroatoms. The molecule has 102 valence electrons. The summed E-state index contributed by atoms with van der Waals surface area (Å²) in [6.07, 6.45) is 0. The van der Waals surface area contributed by atoms with Gasteiger partial charge in [0.1, 0.15) is 5.82 Å². The second-order valence-corrected chi connectivity index (χ2v) is 6.00. The van der Waals surface area contributed by atoms with Crippen molar-refractivity contribution in [2.75, 3.05) is 5.32 Å². The highest BCUT2D eigenvalue weighted by Gasteiger charge is 2.09. The van der Waals surface area contributed by atoms with Gasteiger partial charge in [0, 0.05) is 31.5 Å². The molecule has 4 aromatic rings. The van der Waals surface area contributed by atoms with E-state index < -0.39 is 0 Å². The molecule has 1 nitrogen and oxygen atoms in total. The Morgan fingerprint density at radius 1 is 0.762 bits per heavy atom. The minimum absolute atomic E-state index is 0.150. The minimum atomic E-state index is -0.150. The van der Waals surface area contributed by atoms with E-state index in [9.17, 15) is 4.39 Å². The van der Waals surface area contributed by atoms with Crippen LogP contribution >= 0.6 is 11.3 Å². The van der Waals surface area contributed by atoms with E-state index in [4.69, 9.17) is 0 Å². The predicted molar refractivity (Wildman–Crippen MR) is 89.0 cm³/mol. The maximum Gasteiger partial charge on any atom is 0.132 e. The van der Waals surface area contributed by atoms with Gasteiger partial charge in [0.05, 0.1) is 0 Å². The predicted octanol–water partition coefficient (Wildman–Crippen LogP) is 5.94. The Kier molecular flexibility index (Phi) is 2.86. The molecule has 3 aromatic carbocycles. The van der Waals surface area contributed by atoms with E-state index in [0.29, 0.717) is 0 Å².